The number of carboxylic acids is 1. The summed E-state index contributed by atoms with van der Waals surface area (Å²) in [5.41, 5.74) is 6.05. The van der Waals surface area contributed by atoms with Gasteiger partial charge in [0.2, 0.25) is 5.91 Å². The molecule has 8 nitrogen and oxygen atoms in total. The third-order valence-electron chi connectivity index (χ3n) is 3.52. The van der Waals surface area contributed by atoms with Crippen LogP contribution in [0, 0.1) is 12.8 Å². The van der Waals surface area contributed by atoms with E-state index >= 15 is 0 Å². The zero-order chi connectivity index (χ0) is 15.6. The van der Waals surface area contributed by atoms with E-state index in [9.17, 15) is 14.4 Å². The van der Waals surface area contributed by atoms with Gasteiger partial charge in [-0.2, -0.15) is 0 Å². The van der Waals surface area contributed by atoms with Crippen molar-refractivity contribution < 1.29 is 19.5 Å². The fraction of sp³-hybridized carbons (Fsp3) is 0.462. The first-order chi connectivity index (χ1) is 9.88. The predicted molar refractivity (Wildman–Crippen MR) is 75.0 cm³/mol. The van der Waals surface area contributed by atoms with E-state index in [0.717, 1.165) is 0 Å². The van der Waals surface area contributed by atoms with E-state index in [4.69, 9.17) is 10.8 Å². The second-order valence-corrected chi connectivity index (χ2v) is 5.16. The van der Waals surface area contributed by atoms with Gasteiger partial charge in [-0.3, -0.25) is 4.79 Å². The van der Waals surface area contributed by atoms with Gasteiger partial charge in [0.25, 0.3) is 0 Å². The molecule has 0 aliphatic carbocycles. The molecule has 8 heteroatoms. The van der Waals surface area contributed by atoms with Gasteiger partial charge in [0, 0.05) is 18.8 Å². The number of aryl methyl sites for hydroxylation is 1. The maximum atomic E-state index is 12.2. The van der Waals surface area contributed by atoms with Gasteiger partial charge in [-0.15, -0.1) is 0 Å². The highest BCUT2D eigenvalue weighted by molar-refractivity contribution is 5.99. The number of piperidine rings is 1. The van der Waals surface area contributed by atoms with Crippen LogP contribution in [0.25, 0.3) is 0 Å². The highest BCUT2D eigenvalue weighted by Gasteiger charge is 2.27. The molecule has 114 valence electrons. The maximum Gasteiger partial charge on any atom is 0.354 e. The van der Waals surface area contributed by atoms with Gasteiger partial charge in [0.1, 0.15) is 5.69 Å². The summed E-state index contributed by atoms with van der Waals surface area (Å²) >= 11 is 0. The first-order valence-electron chi connectivity index (χ1n) is 6.66. The van der Waals surface area contributed by atoms with E-state index in [0.29, 0.717) is 25.1 Å². The minimum atomic E-state index is -1.15. The van der Waals surface area contributed by atoms with E-state index in [1.165, 1.54) is 4.90 Å². The van der Waals surface area contributed by atoms with Crippen LogP contribution in [-0.2, 0) is 4.79 Å². The SMILES string of the molecule is Cc1cc(NC(=O)N2CCCC(C(N)=O)C2)c(C(=O)O)[nH]1. The van der Waals surface area contributed by atoms with Gasteiger partial charge >= 0.3 is 12.0 Å². The van der Waals surface area contributed by atoms with Crippen molar-refractivity contribution >= 4 is 23.6 Å². The number of H-pyrrole nitrogens is 1. The van der Waals surface area contributed by atoms with Crippen molar-refractivity contribution in [3.05, 3.63) is 17.5 Å². The Morgan fingerprint density at radius 1 is 1.48 bits per heavy atom. The number of rotatable bonds is 3. The molecule has 1 fully saturated rings. The number of primary amides is 1. The zero-order valence-electron chi connectivity index (χ0n) is 11.7. The van der Waals surface area contributed by atoms with Crippen molar-refractivity contribution in [2.45, 2.75) is 19.8 Å². The lowest BCUT2D eigenvalue weighted by atomic mass is 9.98. The molecule has 0 bridgehead atoms. The number of hydrogen-bond donors (Lipinski definition) is 4. The van der Waals surface area contributed by atoms with Gasteiger partial charge < -0.3 is 26.0 Å². The van der Waals surface area contributed by atoms with Gasteiger partial charge in [-0.25, -0.2) is 9.59 Å². The summed E-state index contributed by atoms with van der Waals surface area (Å²) in [6.07, 6.45) is 1.36. The number of hydrogen-bond acceptors (Lipinski definition) is 3. The van der Waals surface area contributed by atoms with Gasteiger partial charge in [0.15, 0.2) is 0 Å². The molecule has 2 rings (SSSR count). The first kappa shape index (κ1) is 14.9. The third-order valence-corrected chi connectivity index (χ3v) is 3.52. The van der Waals surface area contributed by atoms with Crippen molar-refractivity contribution in [2.75, 3.05) is 18.4 Å². The summed E-state index contributed by atoms with van der Waals surface area (Å²) in [5, 5.41) is 11.6. The highest BCUT2D eigenvalue weighted by Crippen LogP contribution is 2.20. The van der Waals surface area contributed by atoms with Crippen molar-refractivity contribution in [3.63, 3.8) is 0 Å². The molecule has 0 saturated carbocycles. The quantitative estimate of drug-likeness (QED) is 0.655. The van der Waals surface area contributed by atoms with Crippen LogP contribution in [0.5, 0.6) is 0 Å². The number of aromatic nitrogens is 1. The minimum Gasteiger partial charge on any atom is -0.477 e. The Hall–Kier alpha value is -2.51. The molecule has 1 unspecified atom stereocenters. The molecule has 1 aromatic rings. The van der Waals surface area contributed by atoms with Gasteiger partial charge in [0.05, 0.1) is 11.6 Å². The standard InChI is InChI=1S/C13H18N4O4/c1-7-5-9(10(15-7)12(19)20)16-13(21)17-4-2-3-8(6-17)11(14)18/h5,8,15H,2-4,6H2,1H3,(H2,14,18)(H,16,21)(H,19,20). The molecule has 21 heavy (non-hydrogen) atoms. The molecule has 0 radical (unpaired) electrons. The topological polar surface area (TPSA) is 129 Å². The van der Waals surface area contributed by atoms with Gasteiger partial charge in [-0.1, -0.05) is 0 Å². The van der Waals surface area contributed by atoms with Crippen LogP contribution in [0.2, 0.25) is 0 Å². The normalized spacial score (nSPS) is 18.3. The molecule has 1 aliphatic rings. The molecule has 1 saturated heterocycles. The summed E-state index contributed by atoms with van der Waals surface area (Å²) in [7, 11) is 0. The molecule has 5 N–H and O–H groups in total. The summed E-state index contributed by atoms with van der Waals surface area (Å²) in [6, 6.07) is 1.12. The number of nitrogens with two attached hydrogens (primary N) is 1. The van der Waals surface area contributed by atoms with Crippen molar-refractivity contribution in [1.82, 2.24) is 9.88 Å². The second-order valence-electron chi connectivity index (χ2n) is 5.16. The second kappa shape index (κ2) is 5.86. The predicted octanol–water partition coefficient (Wildman–Crippen LogP) is 0.751. The van der Waals surface area contributed by atoms with Crippen molar-refractivity contribution in [2.24, 2.45) is 11.7 Å². The van der Waals surface area contributed by atoms with Crippen LogP contribution in [0.1, 0.15) is 29.0 Å². The Bertz CT molecular complexity index is 581. The number of carboxylic acid groups (broad SMARTS) is 1. The number of amides is 3. The minimum absolute atomic E-state index is 0.0655. The number of aromatic amines is 1. The van der Waals surface area contributed by atoms with Crippen LogP contribution in [0.15, 0.2) is 6.07 Å². The fourth-order valence-electron chi connectivity index (χ4n) is 2.44. The number of urea groups is 1. The smallest absolute Gasteiger partial charge is 0.354 e. The lowest BCUT2D eigenvalue weighted by Gasteiger charge is -2.31. The number of anilines is 1. The molecule has 1 aromatic heterocycles. The summed E-state index contributed by atoms with van der Waals surface area (Å²) in [5.74, 6) is -1.92. The fourth-order valence-corrected chi connectivity index (χ4v) is 2.44. The summed E-state index contributed by atoms with van der Waals surface area (Å²) < 4.78 is 0. The number of nitrogens with zero attached hydrogens (tertiary/aromatic N) is 1. The number of likely N-dealkylation sites (tertiary alicyclic amines) is 1. The largest absolute Gasteiger partial charge is 0.477 e. The molecule has 0 aromatic carbocycles. The average molecular weight is 294 g/mol. The Labute approximate surface area is 121 Å². The van der Waals surface area contributed by atoms with E-state index in [1.807, 2.05) is 0 Å². The van der Waals surface area contributed by atoms with E-state index < -0.39 is 17.9 Å². The Balaban J connectivity index is 2.07. The highest BCUT2D eigenvalue weighted by atomic mass is 16.4. The van der Waals surface area contributed by atoms with E-state index in [-0.39, 0.29) is 23.8 Å². The number of nitrogens with one attached hydrogen (secondary N) is 2. The van der Waals surface area contributed by atoms with Crippen LogP contribution < -0.4 is 11.1 Å². The summed E-state index contributed by atoms with van der Waals surface area (Å²) in [6.45, 7) is 2.47. The Morgan fingerprint density at radius 3 is 2.81 bits per heavy atom. The zero-order valence-corrected chi connectivity index (χ0v) is 11.7. The Kier molecular flexibility index (Phi) is 4.15. The monoisotopic (exact) mass is 294 g/mol. The average Bonchev–Trinajstić information content (AvgIpc) is 2.80. The van der Waals surface area contributed by atoms with Crippen molar-refractivity contribution in [3.8, 4) is 0 Å². The molecule has 3 amide bonds. The van der Waals surface area contributed by atoms with E-state index in [1.54, 1.807) is 13.0 Å². The molecule has 0 spiro atoms. The number of carbonyl (C=O) groups excluding carboxylic acids is 2. The Morgan fingerprint density at radius 2 is 2.19 bits per heavy atom. The molecular formula is C13H18N4O4. The first-order valence-corrected chi connectivity index (χ1v) is 6.66. The molecular weight excluding hydrogens is 276 g/mol. The summed E-state index contributed by atoms with van der Waals surface area (Å²) in [4.78, 5) is 38.6. The van der Waals surface area contributed by atoms with Crippen LogP contribution >= 0.6 is 0 Å². The van der Waals surface area contributed by atoms with Crippen LogP contribution in [-0.4, -0.2) is 46.0 Å². The number of carbonyl (C=O) groups is 3. The third kappa shape index (κ3) is 3.33. The molecule has 2 heterocycles. The maximum absolute atomic E-state index is 12.2. The number of aromatic carboxylic acids is 1. The lowest BCUT2D eigenvalue weighted by molar-refractivity contribution is -0.123. The molecule has 1 aliphatic heterocycles. The van der Waals surface area contributed by atoms with Crippen molar-refractivity contribution in [1.29, 1.82) is 0 Å². The van der Waals surface area contributed by atoms with Crippen LogP contribution in [0.4, 0.5) is 10.5 Å². The van der Waals surface area contributed by atoms with Crippen LogP contribution in [0.3, 0.4) is 0 Å². The van der Waals surface area contributed by atoms with Gasteiger partial charge in [-0.05, 0) is 25.8 Å². The van der Waals surface area contributed by atoms with E-state index in [2.05, 4.69) is 10.3 Å². The lowest BCUT2D eigenvalue weighted by Crippen LogP contribution is -2.45. The molecule has 1 atom stereocenters.